The number of nitrogens with zero attached hydrogens (tertiary/aromatic N) is 2. The highest BCUT2D eigenvalue weighted by Gasteiger charge is 2.29. The number of hydrogen-bond acceptors (Lipinski definition) is 4. The third kappa shape index (κ3) is 5.23. The number of carbonyl (C=O) groups is 1. The van der Waals surface area contributed by atoms with Crippen LogP contribution in [0.4, 0.5) is 0 Å². The average Bonchev–Trinajstić information content (AvgIpc) is 2.98. The number of amides is 1. The summed E-state index contributed by atoms with van der Waals surface area (Å²) < 4.78 is 33.3. The van der Waals surface area contributed by atoms with Crippen LogP contribution >= 0.6 is 0 Å². The summed E-state index contributed by atoms with van der Waals surface area (Å²) in [6.45, 7) is 6.32. The fraction of sp³-hybridized carbons (Fsp3) is 0.650. The number of benzene rings is 1. The van der Waals surface area contributed by atoms with Crippen molar-refractivity contribution in [2.24, 2.45) is 0 Å². The number of methoxy groups -OCH3 is 1. The fourth-order valence-corrected chi connectivity index (χ4v) is 5.07. The molecular formula is C20H32N2O4S. The van der Waals surface area contributed by atoms with Gasteiger partial charge in [0.15, 0.2) is 0 Å². The first-order chi connectivity index (χ1) is 13.0. The van der Waals surface area contributed by atoms with E-state index in [1.165, 1.54) is 17.5 Å². The van der Waals surface area contributed by atoms with Gasteiger partial charge in [0.05, 0.1) is 7.11 Å². The molecule has 2 rings (SSSR count). The summed E-state index contributed by atoms with van der Waals surface area (Å²) in [5, 5.41) is 0. The minimum absolute atomic E-state index is 0.0873. The van der Waals surface area contributed by atoms with Gasteiger partial charge in [-0.25, -0.2) is 8.42 Å². The van der Waals surface area contributed by atoms with Crippen LogP contribution in [0.15, 0.2) is 23.1 Å². The zero-order valence-corrected chi connectivity index (χ0v) is 17.6. The molecule has 27 heavy (non-hydrogen) atoms. The molecular weight excluding hydrogens is 364 g/mol. The molecule has 1 saturated heterocycles. The van der Waals surface area contributed by atoms with E-state index in [0.29, 0.717) is 31.7 Å². The van der Waals surface area contributed by atoms with Gasteiger partial charge in [-0.05, 0) is 44.4 Å². The summed E-state index contributed by atoms with van der Waals surface area (Å²) in [5.41, 5.74) is 0.391. The first-order valence-electron chi connectivity index (χ1n) is 9.93. The molecule has 0 aliphatic carbocycles. The highest BCUT2D eigenvalue weighted by Crippen LogP contribution is 2.29. The van der Waals surface area contributed by atoms with Crippen LogP contribution in [0, 0.1) is 0 Å². The number of sulfonamides is 1. The van der Waals surface area contributed by atoms with E-state index in [0.717, 1.165) is 38.5 Å². The van der Waals surface area contributed by atoms with Gasteiger partial charge >= 0.3 is 0 Å². The van der Waals surface area contributed by atoms with Crippen molar-refractivity contribution in [3.63, 3.8) is 0 Å². The van der Waals surface area contributed by atoms with E-state index in [1.54, 1.807) is 17.0 Å². The Kier molecular flexibility index (Phi) is 8.10. The summed E-state index contributed by atoms with van der Waals surface area (Å²) >= 11 is 0. The number of carbonyl (C=O) groups excluding carboxylic acids is 1. The van der Waals surface area contributed by atoms with Crippen molar-refractivity contribution in [1.82, 2.24) is 9.21 Å². The molecule has 0 saturated carbocycles. The maximum Gasteiger partial charge on any atom is 0.253 e. The van der Waals surface area contributed by atoms with Gasteiger partial charge in [-0.15, -0.1) is 0 Å². The predicted octanol–water partition coefficient (Wildman–Crippen LogP) is 3.52. The molecule has 0 aromatic heterocycles. The summed E-state index contributed by atoms with van der Waals surface area (Å²) in [6, 6.07) is 4.72. The quantitative estimate of drug-likeness (QED) is 0.674. The fourth-order valence-electron chi connectivity index (χ4n) is 3.37. The van der Waals surface area contributed by atoms with Gasteiger partial charge in [0.1, 0.15) is 10.6 Å². The molecule has 1 fully saturated rings. The number of unbranched alkanes of at least 4 members (excludes halogenated alkanes) is 1. The van der Waals surface area contributed by atoms with E-state index in [-0.39, 0.29) is 16.6 Å². The molecule has 0 atom stereocenters. The molecule has 1 aromatic carbocycles. The molecule has 7 heteroatoms. The number of ether oxygens (including phenoxy) is 1. The van der Waals surface area contributed by atoms with Gasteiger partial charge in [-0.1, -0.05) is 26.2 Å². The summed E-state index contributed by atoms with van der Waals surface area (Å²) in [5.74, 6) is 0.147. The van der Waals surface area contributed by atoms with E-state index in [1.807, 2.05) is 6.92 Å². The van der Waals surface area contributed by atoms with Crippen LogP contribution in [0.1, 0.15) is 62.7 Å². The third-order valence-corrected chi connectivity index (χ3v) is 6.96. The van der Waals surface area contributed by atoms with Gasteiger partial charge in [0.2, 0.25) is 10.0 Å². The zero-order chi connectivity index (χ0) is 19.9. The standard InChI is InChI=1S/C20H32N2O4S/c1-4-6-13-21(5-2)20(23)17-11-12-18(26-3)19(16-17)27(24,25)22-14-9-7-8-10-15-22/h11-12,16H,4-10,13-15H2,1-3H3. The lowest BCUT2D eigenvalue weighted by Gasteiger charge is -2.23. The largest absolute Gasteiger partial charge is 0.495 e. The second kappa shape index (κ2) is 10.1. The second-order valence-corrected chi connectivity index (χ2v) is 8.83. The Balaban J connectivity index is 2.38. The van der Waals surface area contributed by atoms with Gasteiger partial charge < -0.3 is 9.64 Å². The lowest BCUT2D eigenvalue weighted by atomic mass is 10.1. The summed E-state index contributed by atoms with van der Waals surface area (Å²) in [6.07, 6.45) is 5.74. The average molecular weight is 397 g/mol. The lowest BCUT2D eigenvalue weighted by molar-refractivity contribution is 0.0762. The topological polar surface area (TPSA) is 66.9 Å². The SMILES string of the molecule is CCCCN(CC)C(=O)c1ccc(OC)c(S(=O)(=O)N2CCCCCC2)c1. The molecule has 1 aromatic rings. The van der Waals surface area contributed by atoms with Crippen LogP contribution in [0.25, 0.3) is 0 Å². The monoisotopic (exact) mass is 396 g/mol. The molecule has 1 amide bonds. The van der Waals surface area contributed by atoms with Crippen LogP contribution < -0.4 is 4.74 Å². The number of rotatable bonds is 8. The zero-order valence-electron chi connectivity index (χ0n) is 16.7. The molecule has 0 radical (unpaired) electrons. The van der Waals surface area contributed by atoms with Crippen molar-refractivity contribution < 1.29 is 17.9 Å². The molecule has 1 heterocycles. The Labute approximate surface area is 163 Å². The summed E-state index contributed by atoms with van der Waals surface area (Å²) in [7, 11) is -2.24. The predicted molar refractivity (Wildman–Crippen MR) is 107 cm³/mol. The van der Waals surface area contributed by atoms with E-state index < -0.39 is 10.0 Å². The van der Waals surface area contributed by atoms with E-state index >= 15 is 0 Å². The second-order valence-electron chi connectivity index (χ2n) is 6.92. The molecule has 1 aliphatic heterocycles. The van der Waals surface area contributed by atoms with Crippen molar-refractivity contribution >= 4 is 15.9 Å². The maximum atomic E-state index is 13.2. The van der Waals surface area contributed by atoms with E-state index in [9.17, 15) is 13.2 Å². The summed E-state index contributed by atoms with van der Waals surface area (Å²) in [4.78, 5) is 14.7. The maximum absolute atomic E-state index is 13.2. The Morgan fingerprint density at radius 2 is 1.81 bits per heavy atom. The van der Waals surface area contributed by atoms with Gasteiger partial charge in [-0.2, -0.15) is 4.31 Å². The van der Waals surface area contributed by atoms with Crippen LogP contribution in [0.5, 0.6) is 5.75 Å². The first-order valence-corrected chi connectivity index (χ1v) is 11.4. The van der Waals surface area contributed by atoms with Gasteiger partial charge in [0.25, 0.3) is 5.91 Å². The highest BCUT2D eigenvalue weighted by molar-refractivity contribution is 7.89. The van der Waals surface area contributed by atoms with Crippen molar-refractivity contribution in [2.45, 2.75) is 57.3 Å². The van der Waals surface area contributed by atoms with Gasteiger partial charge in [0, 0.05) is 31.7 Å². The molecule has 0 spiro atoms. The normalized spacial score (nSPS) is 16.0. The molecule has 6 nitrogen and oxygen atoms in total. The van der Waals surface area contributed by atoms with Crippen molar-refractivity contribution in [3.8, 4) is 5.75 Å². The van der Waals surface area contributed by atoms with Crippen LogP contribution in [-0.4, -0.2) is 56.8 Å². The lowest BCUT2D eigenvalue weighted by Crippen LogP contribution is -2.33. The van der Waals surface area contributed by atoms with Crippen molar-refractivity contribution in [2.75, 3.05) is 33.3 Å². The highest BCUT2D eigenvalue weighted by atomic mass is 32.2. The molecule has 0 unspecified atom stereocenters. The minimum Gasteiger partial charge on any atom is -0.495 e. The van der Waals surface area contributed by atoms with Crippen molar-refractivity contribution in [3.05, 3.63) is 23.8 Å². The van der Waals surface area contributed by atoms with Crippen LogP contribution in [0.3, 0.4) is 0 Å². The number of hydrogen-bond donors (Lipinski definition) is 0. The molecule has 152 valence electrons. The van der Waals surface area contributed by atoms with Crippen LogP contribution in [0.2, 0.25) is 0 Å². The third-order valence-electron chi connectivity index (χ3n) is 5.04. The molecule has 1 aliphatic rings. The Bertz CT molecular complexity index is 725. The smallest absolute Gasteiger partial charge is 0.253 e. The molecule has 0 bridgehead atoms. The Hall–Kier alpha value is -1.60. The first kappa shape index (κ1) is 21.7. The molecule has 0 N–H and O–H groups in total. The minimum atomic E-state index is -3.70. The van der Waals surface area contributed by atoms with Crippen LogP contribution in [-0.2, 0) is 10.0 Å². The Morgan fingerprint density at radius 3 is 2.37 bits per heavy atom. The van der Waals surface area contributed by atoms with Crippen molar-refractivity contribution in [1.29, 1.82) is 0 Å². The van der Waals surface area contributed by atoms with Gasteiger partial charge in [-0.3, -0.25) is 4.79 Å². The van der Waals surface area contributed by atoms with E-state index in [2.05, 4.69) is 6.92 Å². The van der Waals surface area contributed by atoms with E-state index in [4.69, 9.17) is 4.74 Å². The Morgan fingerprint density at radius 1 is 1.15 bits per heavy atom.